The van der Waals surface area contributed by atoms with Gasteiger partial charge in [0.25, 0.3) is 0 Å². The minimum atomic E-state index is -1.35. The average molecular weight is 310 g/mol. The molecular formula is C17H14N2O4. The molecule has 0 amide bonds. The molecule has 6 nitrogen and oxygen atoms in total. The molecule has 1 aliphatic heterocycles. The highest BCUT2D eigenvalue weighted by atomic mass is 16.4. The molecule has 2 heterocycles. The summed E-state index contributed by atoms with van der Waals surface area (Å²) in [4.78, 5) is 28.2. The van der Waals surface area contributed by atoms with Crippen LogP contribution in [0.25, 0.3) is 6.08 Å². The lowest BCUT2D eigenvalue weighted by Crippen LogP contribution is -2.25. The van der Waals surface area contributed by atoms with Gasteiger partial charge in [0.05, 0.1) is 5.56 Å². The molecule has 0 unspecified atom stereocenters. The maximum Gasteiger partial charge on any atom is 0.355 e. The summed E-state index contributed by atoms with van der Waals surface area (Å²) in [5.41, 5.74) is 2.05. The first-order chi connectivity index (χ1) is 11.1. The second-order valence-electron chi connectivity index (χ2n) is 5.19. The van der Waals surface area contributed by atoms with Crippen LogP contribution in [0, 0.1) is 0 Å². The van der Waals surface area contributed by atoms with Crippen LogP contribution < -0.4 is 4.90 Å². The van der Waals surface area contributed by atoms with E-state index < -0.39 is 17.6 Å². The topological polar surface area (TPSA) is 90.7 Å². The summed E-state index contributed by atoms with van der Waals surface area (Å²) in [5, 5.41) is 18.2. The van der Waals surface area contributed by atoms with Gasteiger partial charge in [-0.3, -0.25) is 0 Å². The molecular weight excluding hydrogens is 296 g/mol. The third-order valence-electron chi connectivity index (χ3n) is 3.65. The fourth-order valence-corrected chi connectivity index (χ4v) is 2.62. The van der Waals surface area contributed by atoms with Crippen LogP contribution in [0.1, 0.15) is 32.0 Å². The van der Waals surface area contributed by atoms with Gasteiger partial charge in [0, 0.05) is 25.0 Å². The number of hydrogen-bond acceptors (Lipinski definition) is 4. The van der Waals surface area contributed by atoms with Gasteiger partial charge in [-0.1, -0.05) is 30.4 Å². The molecule has 0 saturated carbocycles. The van der Waals surface area contributed by atoms with E-state index in [1.165, 1.54) is 12.3 Å². The molecule has 0 atom stereocenters. The Kier molecular flexibility index (Phi) is 3.80. The van der Waals surface area contributed by atoms with Crippen molar-refractivity contribution >= 4 is 23.7 Å². The minimum absolute atomic E-state index is 0.296. The van der Waals surface area contributed by atoms with Crippen molar-refractivity contribution in [3.8, 4) is 0 Å². The molecule has 0 fully saturated rings. The zero-order valence-corrected chi connectivity index (χ0v) is 12.1. The Morgan fingerprint density at radius 1 is 1.17 bits per heavy atom. The maximum atomic E-state index is 11.2. The number of para-hydroxylation sites is 1. The Hall–Kier alpha value is -3.15. The van der Waals surface area contributed by atoms with Gasteiger partial charge in [-0.25, -0.2) is 14.6 Å². The number of benzene rings is 1. The van der Waals surface area contributed by atoms with Crippen LogP contribution in [0.2, 0.25) is 0 Å². The van der Waals surface area contributed by atoms with Gasteiger partial charge in [-0.2, -0.15) is 0 Å². The monoisotopic (exact) mass is 310 g/mol. The zero-order chi connectivity index (χ0) is 16.4. The normalized spacial score (nSPS) is 12.8. The first-order valence-electron chi connectivity index (χ1n) is 7.02. The third kappa shape index (κ3) is 2.91. The Labute approximate surface area is 132 Å². The van der Waals surface area contributed by atoms with Crippen molar-refractivity contribution in [2.45, 2.75) is 6.54 Å². The lowest BCUT2D eigenvalue weighted by atomic mass is 10.1. The van der Waals surface area contributed by atoms with E-state index in [-0.39, 0.29) is 5.56 Å². The van der Waals surface area contributed by atoms with Crippen LogP contribution >= 0.6 is 0 Å². The number of aromatic carboxylic acids is 2. The number of nitrogens with zero attached hydrogens (tertiary/aromatic N) is 2. The van der Waals surface area contributed by atoms with E-state index in [9.17, 15) is 14.7 Å². The van der Waals surface area contributed by atoms with E-state index in [0.29, 0.717) is 18.7 Å². The summed E-state index contributed by atoms with van der Waals surface area (Å²) >= 11 is 0. The molecule has 1 aromatic heterocycles. The molecule has 23 heavy (non-hydrogen) atoms. The largest absolute Gasteiger partial charge is 0.478 e. The van der Waals surface area contributed by atoms with Gasteiger partial charge in [0.15, 0.2) is 5.69 Å². The lowest BCUT2D eigenvalue weighted by molar-refractivity contribution is 0.0646. The van der Waals surface area contributed by atoms with Crippen LogP contribution in [0.3, 0.4) is 0 Å². The van der Waals surface area contributed by atoms with E-state index in [4.69, 9.17) is 5.11 Å². The van der Waals surface area contributed by atoms with Crippen LogP contribution in [0.15, 0.2) is 42.6 Å². The predicted octanol–water partition coefficient (Wildman–Crippen LogP) is 2.51. The van der Waals surface area contributed by atoms with Crippen molar-refractivity contribution < 1.29 is 19.8 Å². The van der Waals surface area contributed by atoms with Gasteiger partial charge in [-0.15, -0.1) is 0 Å². The second-order valence-corrected chi connectivity index (χ2v) is 5.19. The number of rotatable bonds is 4. The number of carbonyl (C=O) groups is 2. The predicted molar refractivity (Wildman–Crippen MR) is 84.7 cm³/mol. The molecule has 3 rings (SSSR count). The number of pyridine rings is 1. The van der Waals surface area contributed by atoms with Crippen LogP contribution in [-0.4, -0.2) is 33.7 Å². The summed E-state index contributed by atoms with van der Waals surface area (Å²) in [6, 6.07) is 9.28. The first kappa shape index (κ1) is 14.8. The van der Waals surface area contributed by atoms with Gasteiger partial charge in [0.2, 0.25) is 0 Å². The van der Waals surface area contributed by atoms with Crippen molar-refractivity contribution in [2.75, 3.05) is 11.4 Å². The number of fused-ring (bicyclic) bond motifs is 1. The molecule has 1 aliphatic rings. The molecule has 0 saturated heterocycles. The van der Waals surface area contributed by atoms with E-state index in [0.717, 1.165) is 11.3 Å². The van der Waals surface area contributed by atoms with Crippen molar-refractivity contribution in [1.29, 1.82) is 0 Å². The number of carboxylic acids is 2. The van der Waals surface area contributed by atoms with Crippen LogP contribution in [0.5, 0.6) is 0 Å². The van der Waals surface area contributed by atoms with E-state index in [1.807, 2.05) is 36.4 Å². The van der Waals surface area contributed by atoms with Crippen molar-refractivity contribution in [1.82, 2.24) is 4.98 Å². The zero-order valence-electron chi connectivity index (χ0n) is 12.1. The number of hydrogen-bond donors (Lipinski definition) is 2. The Balaban J connectivity index is 1.92. The average Bonchev–Trinajstić information content (AvgIpc) is 2.55. The second kappa shape index (κ2) is 5.92. The molecule has 116 valence electrons. The Morgan fingerprint density at radius 3 is 2.70 bits per heavy atom. The molecule has 0 spiro atoms. The van der Waals surface area contributed by atoms with E-state index in [2.05, 4.69) is 9.88 Å². The van der Waals surface area contributed by atoms with Gasteiger partial charge < -0.3 is 15.1 Å². The summed E-state index contributed by atoms with van der Waals surface area (Å²) in [5.74, 6) is -2.64. The number of carboxylic acid groups (broad SMARTS) is 2. The summed E-state index contributed by atoms with van der Waals surface area (Å²) in [6.45, 7) is 1.15. The fourth-order valence-electron chi connectivity index (χ4n) is 2.62. The molecule has 6 heteroatoms. The van der Waals surface area contributed by atoms with Crippen LogP contribution in [-0.2, 0) is 6.54 Å². The smallest absolute Gasteiger partial charge is 0.355 e. The van der Waals surface area contributed by atoms with Crippen molar-refractivity contribution in [2.24, 2.45) is 0 Å². The van der Waals surface area contributed by atoms with E-state index >= 15 is 0 Å². The molecule has 2 N–H and O–H groups in total. The van der Waals surface area contributed by atoms with Gasteiger partial charge in [0.1, 0.15) is 0 Å². The Morgan fingerprint density at radius 2 is 1.96 bits per heavy atom. The fraction of sp³-hybridized carbons (Fsp3) is 0.118. The summed E-state index contributed by atoms with van der Waals surface area (Å²) < 4.78 is 0. The van der Waals surface area contributed by atoms with Crippen molar-refractivity contribution in [3.05, 3.63) is 65.0 Å². The maximum absolute atomic E-state index is 11.2. The molecule has 1 aromatic carbocycles. The van der Waals surface area contributed by atoms with E-state index in [1.54, 1.807) is 0 Å². The highest BCUT2D eigenvalue weighted by Crippen LogP contribution is 2.27. The third-order valence-corrected chi connectivity index (χ3v) is 3.65. The quantitative estimate of drug-likeness (QED) is 0.901. The summed E-state index contributed by atoms with van der Waals surface area (Å²) in [7, 11) is 0. The van der Waals surface area contributed by atoms with Crippen molar-refractivity contribution in [3.63, 3.8) is 0 Å². The molecule has 0 aliphatic carbocycles. The standard InChI is InChI=1S/C17H14N2O4/c20-16(21)13-8-11(9-18-15(13)17(22)23)10-19-7-3-5-12-4-1-2-6-14(12)19/h1-6,8-9H,7,10H2,(H,20,21)(H,22,23). The molecule has 2 aromatic rings. The number of anilines is 1. The molecule has 0 radical (unpaired) electrons. The highest BCUT2D eigenvalue weighted by molar-refractivity contribution is 6.00. The molecule has 0 bridgehead atoms. The van der Waals surface area contributed by atoms with Gasteiger partial charge in [-0.05, 0) is 23.3 Å². The Bertz CT molecular complexity index is 814. The SMILES string of the molecule is O=C(O)c1cc(CN2CC=Cc3ccccc32)cnc1C(=O)O. The van der Waals surface area contributed by atoms with Crippen LogP contribution in [0.4, 0.5) is 5.69 Å². The minimum Gasteiger partial charge on any atom is -0.478 e. The first-order valence-corrected chi connectivity index (χ1v) is 7.02. The number of aromatic nitrogens is 1. The van der Waals surface area contributed by atoms with Gasteiger partial charge >= 0.3 is 11.9 Å². The summed E-state index contributed by atoms with van der Waals surface area (Å²) in [6.07, 6.45) is 5.48. The lowest BCUT2D eigenvalue weighted by Gasteiger charge is -2.28. The highest BCUT2D eigenvalue weighted by Gasteiger charge is 2.19.